The van der Waals surface area contributed by atoms with E-state index >= 15 is 0 Å². The van der Waals surface area contributed by atoms with E-state index in [4.69, 9.17) is 9.78 Å². The summed E-state index contributed by atoms with van der Waals surface area (Å²) < 4.78 is 7.19. The Kier molecular flexibility index (Phi) is 4.15. The second-order valence-corrected chi connectivity index (χ2v) is 5.20. The van der Waals surface area contributed by atoms with Crippen LogP contribution < -0.4 is 0 Å². The van der Waals surface area contributed by atoms with E-state index in [0.717, 1.165) is 24.2 Å². The fraction of sp³-hybridized carbons (Fsp3) is 0.312. The summed E-state index contributed by atoms with van der Waals surface area (Å²) in [6, 6.07) is 9.40. The lowest BCUT2D eigenvalue weighted by molar-refractivity contribution is 0.365. The molecule has 7 nitrogen and oxygen atoms in total. The summed E-state index contributed by atoms with van der Waals surface area (Å²) in [4.78, 5) is 4.38. The van der Waals surface area contributed by atoms with E-state index in [-0.39, 0.29) is 0 Å². The number of nitrogens with zero attached hydrogens (tertiary/aromatic N) is 6. The minimum absolute atomic E-state index is 0.404. The summed E-state index contributed by atoms with van der Waals surface area (Å²) in [5.74, 6) is 2.66. The summed E-state index contributed by atoms with van der Waals surface area (Å²) in [5.41, 5.74) is 1.41. The Labute approximate surface area is 133 Å². The molecule has 0 saturated carbocycles. The van der Waals surface area contributed by atoms with Crippen LogP contribution in [0.25, 0.3) is 11.4 Å². The van der Waals surface area contributed by atoms with Crippen molar-refractivity contribution in [3.63, 3.8) is 0 Å². The van der Waals surface area contributed by atoms with Crippen molar-refractivity contribution in [3.8, 4) is 17.5 Å². The van der Waals surface area contributed by atoms with Crippen molar-refractivity contribution in [2.45, 2.75) is 33.2 Å². The molecule has 0 atom stereocenters. The van der Waals surface area contributed by atoms with E-state index in [1.807, 2.05) is 23.6 Å². The predicted molar refractivity (Wildman–Crippen MR) is 82.3 cm³/mol. The molecule has 23 heavy (non-hydrogen) atoms. The Morgan fingerprint density at radius 2 is 2.17 bits per heavy atom. The minimum Gasteiger partial charge on any atom is -0.337 e. The zero-order valence-electron chi connectivity index (χ0n) is 13.0. The Balaban J connectivity index is 1.93. The fourth-order valence-electron chi connectivity index (χ4n) is 2.33. The molecule has 0 amide bonds. The van der Waals surface area contributed by atoms with E-state index < -0.39 is 0 Å². The van der Waals surface area contributed by atoms with Crippen LogP contribution in [0.1, 0.15) is 36.4 Å². The lowest BCUT2D eigenvalue weighted by Gasteiger charge is -2.06. The van der Waals surface area contributed by atoms with E-state index in [1.54, 1.807) is 12.1 Å². The van der Waals surface area contributed by atoms with Gasteiger partial charge < -0.3 is 9.09 Å². The third-order valence-electron chi connectivity index (χ3n) is 3.46. The van der Waals surface area contributed by atoms with Gasteiger partial charge in [0.1, 0.15) is 12.4 Å². The van der Waals surface area contributed by atoms with Gasteiger partial charge in [-0.25, -0.2) is 0 Å². The summed E-state index contributed by atoms with van der Waals surface area (Å²) >= 11 is 0. The van der Waals surface area contributed by atoms with Crippen LogP contribution in [0.3, 0.4) is 0 Å². The molecule has 0 aliphatic rings. The molecule has 0 bridgehead atoms. The highest BCUT2D eigenvalue weighted by Gasteiger charge is 2.15. The molecule has 2 aromatic heterocycles. The molecule has 0 spiro atoms. The van der Waals surface area contributed by atoms with Crippen molar-refractivity contribution < 1.29 is 4.52 Å². The first-order valence-electron chi connectivity index (χ1n) is 7.43. The van der Waals surface area contributed by atoms with Gasteiger partial charge in [-0.3, -0.25) is 0 Å². The van der Waals surface area contributed by atoms with E-state index in [9.17, 15) is 0 Å². The minimum atomic E-state index is 0.404. The monoisotopic (exact) mass is 308 g/mol. The molecule has 0 aliphatic carbocycles. The zero-order valence-corrected chi connectivity index (χ0v) is 13.0. The lowest BCUT2D eigenvalue weighted by atomic mass is 10.1. The molecule has 0 aliphatic heterocycles. The van der Waals surface area contributed by atoms with Crippen molar-refractivity contribution in [3.05, 3.63) is 47.4 Å². The summed E-state index contributed by atoms with van der Waals surface area (Å²) in [6.07, 6.45) is 1.76. The SMILES string of the molecule is CCCc1noc(Cn2c(C)nnc2-c2cccc(C#N)c2)n1. The maximum Gasteiger partial charge on any atom is 0.246 e. The molecule has 0 unspecified atom stereocenters. The van der Waals surface area contributed by atoms with Crippen molar-refractivity contribution >= 4 is 0 Å². The molecule has 7 heteroatoms. The first-order chi connectivity index (χ1) is 11.2. The molecule has 2 heterocycles. The van der Waals surface area contributed by atoms with Crippen LogP contribution in [0.2, 0.25) is 0 Å². The Hall–Kier alpha value is -3.01. The zero-order chi connectivity index (χ0) is 16.2. The lowest BCUT2D eigenvalue weighted by Crippen LogP contribution is -2.05. The van der Waals surface area contributed by atoms with E-state index in [2.05, 4.69) is 33.3 Å². The topological polar surface area (TPSA) is 93.4 Å². The van der Waals surface area contributed by atoms with E-state index in [0.29, 0.717) is 29.6 Å². The van der Waals surface area contributed by atoms with Crippen LogP contribution in [0, 0.1) is 18.3 Å². The van der Waals surface area contributed by atoms with Crippen LogP contribution in [0.4, 0.5) is 0 Å². The molecule has 116 valence electrons. The van der Waals surface area contributed by atoms with Gasteiger partial charge in [0.25, 0.3) is 0 Å². The molecule has 3 rings (SSSR count). The molecule has 0 saturated heterocycles. The summed E-state index contributed by atoms with van der Waals surface area (Å²) in [5, 5.41) is 21.4. The van der Waals surface area contributed by atoms with Crippen LogP contribution in [0.5, 0.6) is 0 Å². The Morgan fingerprint density at radius 3 is 2.96 bits per heavy atom. The maximum absolute atomic E-state index is 9.05. The number of hydrogen-bond acceptors (Lipinski definition) is 6. The van der Waals surface area contributed by atoms with Crippen molar-refractivity contribution in [2.75, 3.05) is 0 Å². The van der Waals surface area contributed by atoms with Gasteiger partial charge in [-0.1, -0.05) is 24.2 Å². The highest BCUT2D eigenvalue weighted by molar-refractivity contribution is 5.58. The van der Waals surface area contributed by atoms with Gasteiger partial charge in [-0.05, 0) is 25.5 Å². The van der Waals surface area contributed by atoms with Crippen molar-refractivity contribution in [1.82, 2.24) is 24.9 Å². The number of benzene rings is 1. The first-order valence-corrected chi connectivity index (χ1v) is 7.43. The van der Waals surface area contributed by atoms with Gasteiger partial charge >= 0.3 is 0 Å². The van der Waals surface area contributed by atoms with Gasteiger partial charge in [0.15, 0.2) is 11.6 Å². The summed E-state index contributed by atoms with van der Waals surface area (Å²) in [6.45, 7) is 4.34. The third-order valence-corrected chi connectivity index (χ3v) is 3.46. The van der Waals surface area contributed by atoms with Gasteiger partial charge in [0.05, 0.1) is 11.6 Å². The van der Waals surface area contributed by atoms with Gasteiger partial charge in [-0.15, -0.1) is 10.2 Å². The summed E-state index contributed by atoms with van der Waals surface area (Å²) in [7, 11) is 0. The second-order valence-electron chi connectivity index (χ2n) is 5.20. The van der Waals surface area contributed by atoms with Crippen LogP contribution in [-0.2, 0) is 13.0 Å². The Morgan fingerprint density at radius 1 is 1.30 bits per heavy atom. The quantitative estimate of drug-likeness (QED) is 0.719. The predicted octanol–water partition coefficient (Wildman–Crippen LogP) is 2.51. The average Bonchev–Trinajstić information content (AvgIpc) is 3.16. The first kappa shape index (κ1) is 14.9. The highest BCUT2D eigenvalue weighted by Crippen LogP contribution is 2.20. The second kappa shape index (κ2) is 6.40. The van der Waals surface area contributed by atoms with Gasteiger partial charge in [-0.2, -0.15) is 10.2 Å². The molecule has 1 aromatic carbocycles. The molecule has 0 radical (unpaired) electrons. The standard InChI is InChI=1S/C16H16N6O/c1-3-5-14-18-15(23-21-14)10-22-11(2)19-20-16(22)13-7-4-6-12(8-13)9-17/h4,6-8H,3,5,10H2,1-2H3. The smallest absolute Gasteiger partial charge is 0.246 e. The van der Waals surface area contributed by atoms with Gasteiger partial charge in [0.2, 0.25) is 5.89 Å². The van der Waals surface area contributed by atoms with Crippen LogP contribution in [-0.4, -0.2) is 24.9 Å². The number of nitriles is 1. The molecule has 3 aromatic rings. The number of aryl methyl sites for hydroxylation is 2. The molecular weight excluding hydrogens is 292 g/mol. The van der Waals surface area contributed by atoms with Crippen molar-refractivity contribution in [2.24, 2.45) is 0 Å². The molecule has 0 N–H and O–H groups in total. The van der Waals surface area contributed by atoms with Crippen molar-refractivity contribution in [1.29, 1.82) is 5.26 Å². The number of hydrogen-bond donors (Lipinski definition) is 0. The largest absolute Gasteiger partial charge is 0.337 e. The third kappa shape index (κ3) is 3.11. The normalized spacial score (nSPS) is 10.7. The molecular formula is C16H16N6O. The van der Waals surface area contributed by atoms with E-state index in [1.165, 1.54) is 0 Å². The fourth-order valence-corrected chi connectivity index (χ4v) is 2.33. The maximum atomic E-state index is 9.05. The average molecular weight is 308 g/mol. The van der Waals surface area contributed by atoms with Crippen LogP contribution in [0.15, 0.2) is 28.8 Å². The highest BCUT2D eigenvalue weighted by atomic mass is 16.5. The number of rotatable bonds is 5. The van der Waals surface area contributed by atoms with Crippen LogP contribution >= 0.6 is 0 Å². The molecule has 0 fully saturated rings. The number of aromatic nitrogens is 5. The van der Waals surface area contributed by atoms with Gasteiger partial charge in [0, 0.05) is 12.0 Å². The Bertz CT molecular complexity index is 858.